The summed E-state index contributed by atoms with van der Waals surface area (Å²) in [7, 11) is 1.36. The van der Waals surface area contributed by atoms with Crippen LogP contribution in [0.4, 0.5) is 0 Å². The number of hydrogen-bond acceptors (Lipinski definition) is 3. The van der Waals surface area contributed by atoms with Gasteiger partial charge in [-0.1, -0.05) is 12.1 Å². The summed E-state index contributed by atoms with van der Waals surface area (Å²) in [5, 5.41) is 9.12. The molecule has 0 unspecified atom stereocenters. The molecule has 0 aromatic heterocycles. The van der Waals surface area contributed by atoms with Crippen molar-refractivity contribution in [2.24, 2.45) is 0 Å². The predicted molar refractivity (Wildman–Crippen MR) is 57.8 cm³/mol. The lowest BCUT2D eigenvalue weighted by Crippen LogP contribution is -2.03. The molecule has 3 heteroatoms. The molecular weight excluding hydrogens is 192 g/mol. The molecule has 0 saturated carbocycles. The first kappa shape index (κ1) is 11.7. The molecular formula is C12H16O3. The van der Waals surface area contributed by atoms with Gasteiger partial charge in [0.25, 0.3) is 0 Å². The van der Waals surface area contributed by atoms with Crippen LogP contribution in [0.15, 0.2) is 24.3 Å². The van der Waals surface area contributed by atoms with Gasteiger partial charge in [-0.3, -0.25) is 0 Å². The van der Waals surface area contributed by atoms with Crippen molar-refractivity contribution in [3.8, 4) is 0 Å². The summed E-state index contributed by atoms with van der Waals surface area (Å²) >= 11 is 0. The normalized spacial score (nSPS) is 12.2. The number of benzene rings is 1. The highest BCUT2D eigenvalue weighted by atomic mass is 16.5. The van der Waals surface area contributed by atoms with E-state index in [0.29, 0.717) is 5.56 Å². The molecule has 0 aliphatic carbocycles. The molecule has 0 aliphatic rings. The summed E-state index contributed by atoms with van der Waals surface area (Å²) < 4.78 is 4.60. The Hall–Kier alpha value is -1.35. The minimum Gasteiger partial charge on any atom is -0.465 e. The van der Waals surface area contributed by atoms with E-state index in [1.54, 1.807) is 19.1 Å². The fourth-order valence-electron chi connectivity index (χ4n) is 1.30. The maximum Gasteiger partial charge on any atom is 0.337 e. The molecule has 0 heterocycles. The van der Waals surface area contributed by atoms with Crippen LogP contribution in [0.3, 0.4) is 0 Å². The molecule has 3 nitrogen and oxygen atoms in total. The lowest BCUT2D eigenvalue weighted by atomic mass is 10.1. The van der Waals surface area contributed by atoms with Gasteiger partial charge in [0.15, 0.2) is 0 Å². The zero-order valence-corrected chi connectivity index (χ0v) is 9.06. The number of rotatable bonds is 4. The summed E-state index contributed by atoms with van der Waals surface area (Å²) in [5.74, 6) is -0.322. The maximum absolute atomic E-state index is 11.1. The first-order valence-electron chi connectivity index (χ1n) is 4.99. The molecule has 0 aliphatic heterocycles. The van der Waals surface area contributed by atoms with Gasteiger partial charge in [0.05, 0.1) is 18.8 Å². The minimum atomic E-state index is -0.322. The Bertz CT molecular complexity index is 314. The number of ether oxygens (including phenoxy) is 1. The largest absolute Gasteiger partial charge is 0.465 e. The highest BCUT2D eigenvalue weighted by Crippen LogP contribution is 2.08. The van der Waals surface area contributed by atoms with E-state index in [4.69, 9.17) is 5.11 Å². The van der Waals surface area contributed by atoms with Gasteiger partial charge in [0.2, 0.25) is 0 Å². The molecule has 1 atom stereocenters. The SMILES string of the molecule is COC(=O)c1ccc(CC[C@@H](C)O)cc1. The molecule has 0 amide bonds. The number of aliphatic hydroxyl groups excluding tert-OH is 1. The summed E-state index contributed by atoms with van der Waals surface area (Å²) in [6.45, 7) is 1.77. The van der Waals surface area contributed by atoms with Crippen LogP contribution in [-0.2, 0) is 11.2 Å². The minimum absolute atomic E-state index is 0.287. The Balaban J connectivity index is 2.60. The van der Waals surface area contributed by atoms with Gasteiger partial charge in [-0.15, -0.1) is 0 Å². The van der Waals surface area contributed by atoms with Crippen molar-refractivity contribution >= 4 is 5.97 Å². The first-order valence-corrected chi connectivity index (χ1v) is 4.99. The van der Waals surface area contributed by atoms with Crippen LogP contribution in [-0.4, -0.2) is 24.3 Å². The second-order valence-electron chi connectivity index (χ2n) is 3.58. The van der Waals surface area contributed by atoms with Gasteiger partial charge in [-0.2, -0.15) is 0 Å². The molecule has 1 rings (SSSR count). The Morgan fingerprint density at radius 2 is 2.00 bits per heavy atom. The molecule has 0 fully saturated rings. The van der Waals surface area contributed by atoms with Crippen LogP contribution in [0, 0.1) is 0 Å². The highest BCUT2D eigenvalue weighted by Gasteiger charge is 2.04. The van der Waals surface area contributed by atoms with E-state index >= 15 is 0 Å². The summed E-state index contributed by atoms with van der Waals surface area (Å²) in [5.41, 5.74) is 1.67. The van der Waals surface area contributed by atoms with E-state index in [0.717, 1.165) is 18.4 Å². The smallest absolute Gasteiger partial charge is 0.337 e. The molecule has 15 heavy (non-hydrogen) atoms. The number of methoxy groups -OCH3 is 1. The third-order valence-corrected chi connectivity index (χ3v) is 2.23. The molecule has 0 saturated heterocycles. The van der Waals surface area contributed by atoms with Crippen molar-refractivity contribution in [2.75, 3.05) is 7.11 Å². The number of esters is 1. The highest BCUT2D eigenvalue weighted by molar-refractivity contribution is 5.89. The predicted octanol–water partition coefficient (Wildman–Crippen LogP) is 1.79. The average molecular weight is 208 g/mol. The number of hydrogen-bond donors (Lipinski definition) is 1. The van der Waals surface area contributed by atoms with E-state index in [1.807, 2.05) is 12.1 Å². The zero-order valence-electron chi connectivity index (χ0n) is 9.06. The summed E-state index contributed by atoms with van der Waals surface area (Å²) in [4.78, 5) is 11.1. The molecule has 1 N–H and O–H groups in total. The van der Waals surface area contributed by atoms with Crippen LogP contribution >= 0.6 is 0 Å². The average Bonchev–Trinajstić information content (AvgIpc) is 2.26. The topological polar surface area (TPSA) is 46.5 Å². The van der Waals surface area contributed by atoms with E-state index < -0.39 is 0 Å². The molecule has 1 aromatic rings. The Morgan fingerprint density at radius 3 is 2.47 bits per heavy atom. The number of aliphatic hydroxyl groups is 1. The van der Waals surface area contributed by atoms with Gasteiger partial charge in [-0.25, -0.2) is 4.79 Å². The van der Waals surface area contributed by atoms with Crippen molar-refractivity contribution in [2.45, 2.75) is 25.9 Å². The third-order valence-electron chi connectivity index (χ3n) is 2.23. The van der Waals surface area contributed by atoms with Crippen LogP contribution in [0.25, 0.3) is 0 Å². The standard InChI is InChI=1S/C12H16O3/c1-9(13)3-4-10-5-7-11(8-6-10)12(14)15-2/h5-9,13H,3-4H2,1-2H3/t9-/m1/s1. The van der Waals surface area contributed by atoms with Gasteiger partial charge in [0.1, 0.15) is 0 Å². The summed E-state index contributed by atoms with van der Waals surface area (Å²) in [6, 6.07) is 7.25. The van der Waals surface area contributed by atoms with Crippen LogP contribution in [0.5, 0.6) is 0 Å². The van der Waals surface area contributed by atoms with Gasteiger partial charge in [0, 0.05) is 0 Å². The van der Waals surface area contributed by atoms with Gasteiger partial charge in [-0.05, 0) is 37.5 Å². The van der Waals surface area contributed by atoms with Crippen molar-refractivity contribution in [3.63, 3.8) is 0 Å². The maximum atomic E-state index is 11.1. The van der Waals surface area contributed by atoms with Crippen LogP contribution in [0.1, 0.15) is 29.3 Å². The Kier molecular flexibility index (Phi) is 4.31. The molecule has 82 valence electrons. The third kappa shape index (κ3) is 3.72. The fourth-order valence-corrected chi connectivity index (χ4v) is 1.30. The zero-order chi connectivity index (χ0) is 11.3. The monoisotopic (exact) mass is 208 g/mol. The van der Waals surface area contributed by atoms with Gasteiger partial charge >= 0.3 is 5.97 Å². The first-order chi connectivity index (χ1) is 7.13. The van der Waals surface area contributed by atoms with Crippen LogP contribution in [0.2, 0.25) is 0 Å². The van der Waals surface area contributed by atoms with Gasteiger partial charge < -0.3 is 9.84 Å². The summed E-state index contributed by atoms with van der Waals surface area (Å²) in [6.07, 6.45) is 1.27. The molecule has 0 spiro atoms. The lowest BCUT2D eigenvalue weighted by molar-refractivity contribution is 0.0600. The van der Waals surface area contributed by atoms with E-state index in [2.05, 4.69) is 4.74 Å². The van der Waals surface area contributed by atoms with E-state index in [9.17, 15) is 4.79 Å². The second-order valence-corrected chi connectivity index (χ2v) is 3.58. The van der Waals surface area contributed by atoms with Crippen molar-refractivity contribution < 1.29 is 14.6 Å². The molecule has 1 aromatic carbocycles. The van der Waals surface area contributed by atoms with Crippen LogP contribution < -0.4 is 0 Å². The lowest BCUT2D eigenvalue weighted by Gasteiger charge is -2.04. The molecule has 0 bridgehead atoms. The number of carbonyl (C=O) groups is 1. The van der Waals surface area contributed by atoms with E-state index in [1.165, 1.54) is 7.11 Å². The number of aryl methyl sites for hydroxylation is 1. The van der Waals surface area contributed by atoms with Crippen molar-refractivity contribution in [1.29, 1.82) is 0 Å². The fraction of sp³-hybridized carbons (Fsp3) is 0.417. The van der Waals surface area contributed by atoms with E-state index in [-0.39, 0.29) is 12.1 Å². The Morgan fingerprint density at radius 1 is 1.40 bits per heavy atom. The van der Waals surface area contributed by atoms with Crippen molar-refractivity contribution in [1.82, 2.24) is 0 Å². The van der Waals surface area contributed by atoms with Crippen molar-refractivity contribution in [3.05, 3.63) is 35.4 Å². The Labute approximate surface area is 89.7 Å². The molecule has 0 radical (unpaired) electrons. The quantitative estimate of drug-likeness (QED) is 0.767. The number of carbonyl (C=O) groups excluding carboxylic acids is 1. The second kappa shape index (κ2) is 5.51.